The second-order valence-corrected chi connectivity index (χ2v) is 6.59. The number of nitrogens with one attached hydrogen (secondary N) is 1. The first-order chi connectivity index (χ1) is 13.7. The van der Waals surface area contributed by atoms with Crippen LogP contribution in [0.15, 0.2) is 48.8 Å². The molecule has 1 aliphatic heterocycles. The predicted octanol–water partition coefficient (Wildman–Crippen LogP) is 2.86. The van der Waals surface area contributed by atoms with E-state index in [1.807, 2.05) is 41.1 Å². The van der Waals surface area contributed by atoms with Crippen molar-refractivity contribution in [2.45, 2.75) is 33.0 Å². The fourth-order valence-electron chi connectivity index (χ4n) is 3.09. The number of amides is 2. The van der Waals surface area contributed by atoms with Crippen LogP contribution in [0.5, 0.6) is 5.75 Å². The molecule has 0 atom stereocenters. The van der Waals surface area contributed by atoms with Crippen LogP contribution in [0.2, 0.25) is 0 Å². The van der Waals surface area contributed by atoms with Gasteiger partial charge in [0.15, 0.2) is 0 Å². The number of aryl methyl sites for hydroxylation is 1. The zero-order valence-electron chi connectivity index (χ0n) is 15.7. The number of benzene rings is 1. The maximum Gasteiger partial charge on any atom is 0.322 e. The minimum Gasteiger partial charge on any atom is -0.486 e. The molecule has 3 aromatic rings. The first-order valence-electron chi connectivity index (χ1n) is 9.32. The summed E-state index contributed by atoms with van der Waals surface area (Å²) in [6.45, 7) is 4.02. The van der Waals surface area contributed by atoms with Gasteiger partial charge in [0.05, 0.1) is 25.0 Å². The molecule has 0 saturated heterocycles. The summed E-state index contributed by atoms with van der Waals surface area (Å²) in [5.74, 6) is 0.671. The second-order valence-electron chi connectivity index (χ2n) is 6.59. The molecule has 0 aliphatic carbocycles. The Morgan fingerprint density at radius 3 is 2.82 bits per heavy atom. The van der Waals surface area contributed by atoms with Gasteiger partial charge in [-0.05, 0) is 36.2 Å². The van der Waals surface area contributed by atoms with Crippen molar-refractivity contribution in [1.82, 2.24) is 24.9 Å². The topological polar surface area (TPSA) is 85.2 Å². The van der Waals surface area contributed by atoms with Crippen LogP contribution in [0.3, 0.4) is 0 Å². The lowest BCUT2D eigenvalue weighted by Crippen LogP contribution is -2.41. The van der Waals surface area contributed by atoms with Gasteiger partial charge in [0.25, 0.3) is 0 Å². The summed E-state index contributed by atoms with van der Waals surface area (Å²) >= 11 is 0. The van der Waals surface area contributed by atoms with E-state index in [1.165, 1.54) is 5.56 Å². The highest BCUT2D eigenvalue weighted by Crippen LogP contribution is 2.18. The van der Waals surface area contributed by atoms with Crippen molar-refractivity contribution in [3.63, 3.8) is 0 Å². The highest BCUT2D eigenvalue weighted by Gasteiger charge is 2.25. The normalized spacial score (nSPS) is 13.1. The van der Waals surface area contributed by atoms with E-state index in [0.717, 1.165) is 23.5 Å². The molecular formula is C20H22N6O2. The SMILES string of the molecule is CCc1ccc(NC(=O)N2CCn3nnc(COc4cccnc4)c3C2)cc1. The third-order valence-corrected chi connectivity index (χ3v) is 4.75. The lowest BCUT2D eigenvalue weighted by molar-refractivity contribution is 0.193. The number of aromatic nitrogens is 4. The van der Waals surface area contributed by atoms with Crippen LogP contribution in [0, 0.1) is 0 Å². The van der Waals surface area contributed by atoms with E-state index in [1.54, 1.807) is 17.3 Å². The average Bonchev–Trinajstić information content (AvgIpc) is 3.16. The number of hydrogen-bond acceptors (Lipinski definition) is 5. The van der Waals surface area contributed by atoms with Crippen LogP contribution < -0.4 is 10.1 Å². The lowest BCUT2D eigenvalue weighted by Gasteiger charge is -2.28. The van der Waals surface area contributed by atoms with Crippen LogP contribution in [-0.2, 0) is 26.1 Å². The van der Waals surface area contributed by atoms with E-state index >= 15 is 0 Å². The zero-order valence-corrected chi connectivity index (χ0v) is 15.7. The molecule has 2 aromatic heterocycles. The molecule has 0 fully saturated rings. The molecule has 144 valence electrons. The van der Waals surface area contributed by atoms with Gasteiger partial charge in [0, 0.05) is 18.4 Å². The molecule has 1 N–H and O–H groups in total. The first kappa shape index (κ1) is 18.0. The van der Waals surface area contributed by atoms with E-state index in [0.29, 0.717) is 25.4 Å². The van der Waals surface area contributed by atoms with Crippen molar-refractivity contribution in [2.24, 2.45) is 0 Å². The summed E-state index contributed by atoms with van der Waals surface area (Å²) in [5.41, 5.74) is 3.66. The molecule has 8 heteroatoms. The minimum atomic E-state index is -0.129. The third-order valence-electron chi connectivity index (χ3n) is 4.75. The summed E-state index contributed by atoms with van der Waals surface area (Å²) in [4.78, 5) is 18.5. The first-order valence-corrected chi connectivity index (χ1v) is 9.32. The fourth-order valence-corrected chi connectivity index (χ4v) is 3.09. The molecule has 0 saturated carbocycles. The smallest absolute Gasteiger partial charge is 0.322 e. The highest BCUT2D eigenvalue weighted by atomic mass is 16.5. The Kier molecular flexibility index (Phi) is 5.18. The van der Waals surface area contributed by atoms with Gasteiger partial charge >= 0.3 is 6.03 Å². The number of rotatable bonds is 5. The van der Waals surface area contributed by atoms with E-state index in [4.69, 9.17) is 4.74 Å². The molecule has 8 nitrogen and oxygen atoms in total. The number of hydrogen-bond donors (Lipinski definition) is 1. The predicted molar refractivity (Wildman–Crippen MR) is 104 cm³/mol. The number of fused-ring (bicyclic) bond motifs is 1. The molecule has 0 spiro atoms. The standard InChI is InChI=1S/C20H22N6O2/c1-2-15-5-7-16(8-6-15)22-20(27)25-10-11-26-19(13-25)18(23-24-26)14-28-17-4-3-9-21-12-17/h3-9,12H,2,10-11,13-14H2,1H3,(H,22,27). The summed E-state index contributed by atoms with van der Waals surface area (Å²) in [6, 6.07) is 11.4. The Morgan fingerprint density at radius 2 is 2.07 bits per heavy atom. The van der Waals surface area contributed by atoms with Gasteiger partial charge in [-0.15, -0.1) is 5.10 Å². The molecule has 4 rings (SSSR count). The summed E-state index contributed by atoms with van der Waals surface area (Å²) in [7, 11) is 0. The summed E-state index contributed by atoms with van der Waals surface area (Å²) < 4.78 is 7.57. The monoisotopic (exact) mass is 378 g/mol. The number of pyridine rings is 1. The van der Waals surface area contributed by atoms with Gasteiger partial charge in [-0.1, -0.05) is 24.3 Å². The largest absolute Gasteiger partial charge is 0.486 e. The van der Waals surface area contributed by atoms with Gasteiger partial charge in [0.1, 0.15) is 18.1 Å². The van der Waals surface area contributed by atoms with E-state index in [-0.39, 0.29) is 12.6 Å². The molecule has 0 unspecified atom stereocenters. The van der Waals surface area contributed by atoms with Crippen LogP contribution in [0.1, 0.15) is 23.9 Å². The van der Waals surface area contributed by atoms with Crippen LogP contribution in [0.25, 0.3) is 0 Å². The quantitative estimate of drug-likeness (QED) is 0.738. The third kappa shape index (κ3) is 3.95. The number of urea groups is 1. The number of carbonyl (C=O) groups excluding carboxylic acids is 1. The van der Waals surface area contributed by atoms with E-state index in [9.17, 15) is 4.79 Å². The van der Waals surface area contributed by atoms with Crippen molar-refractivity contribution in [3.8, 4) is 5.75 Å². The maximum absolute atomic E-state index is 12.7. The van der Waals surface area contributed by atoms with Crippen molar-refractivity contribution >= 4 is 11.7 Å². The Labute approximate surface area is 163 Å². The molecule has 3 heterocycles. The summed E-state index contributed by atoms with van der Waals surface area (Å²) in [6.07, 6.45) is 4.32. The Hall–Kier alpha value is -3.42. The van der Waals surface area contributed by atoms with Crippen LogP contribution in [-0.4, -0.2) is 37.5 Å². The van der Waals surface area contributed by atoms with Gasteiger partial charge in [-0.3, -0.25) is 4.98 Å². The maximum atomic E-state index is 12.7. The lowest BCUT2D eigenvalue weighted by atomic mass is 10.1. The molecule has 1 aliphatic rings. The van der Waals surface area contributed by atoms with Gasteiger partial charge in [0.2, 0.25) is 0 Å². The molecular weight excluding hydrogens is 356 g/mol. The van der Waals surface area contributed by atoms with E-state index < -0.39 is 0 Å². The molecule has 2 amide bonds. The summed E-state index contributed by atoms with van der Waals surface area (Å²) in [5, 5.41) is 11.4. The second kappa shape index (κ2) is 8.08. The van der Waals surface area contributed by atoms with Gasteiger partial charge in [-0.25, -0.2) is 9.48 Å². The van der Waals surface area contributed by atoms with Crippen molar-refractivity contribution in [3.05, 3.63) is 65.7 Å². The van der Waals surface area contributed by atoms with Crippen molar-refractivity contribution < 1.29 is 9.53 Å². The van der Waals surface area contributed by atoms with Crippen LogP contribution in [0.4, 0.5) is 10.5 Å². The Bertz CT molecular complexity index is 939. The minimum absolute atomic E-state index is 0.129. The van der Waals surface area contributed by atoms with Gasteiger partial charge < -0.3 is 15.0 Å². The van der Waals surface area contributed by atoms with Crippen molar-refractivity contribution in [2.75, 3.05) is 11.9 Å². The fraction of sp³-hybridized carbons (Fsp3) is 0.300. The number of nitrogens with zero attached hydrogens (tertiary/aromatic N) is 5. The molecule has 1 aromatic carbocycles. The van der Waals surface area contributed by atoms with Crippen molar-refractivity contribution in [1.29, 1.82) is 0 Å². The number of ether oxygens (including phenoxy) is 1. The van der Waals surface area contributed by atoms with Gasteiger partial charge in [-0.2, -0.15) is 0 Å². The molecule has 0 bridgehead atoms. The number of carbonyl (C=O) groups is 1. The van der Waals surface area contributed by atoms with Crippen LogP contribution >= 0.6 is 0 Å². The Balaban J connectivity index is 1.40. The molecule has 0 radical (unpaired) electrons. The number of anilines is 1. The average molecular weight is 378 g/mol. The highest BCUT2D eigenvalue weighted by molar-refractivity contribution is 5.89. The Morgan fingerprint density at radius 1 is 1.21 bits per heavy atom. The van der Waals surface area contributed by atoms with E-state index in [2.05, 4.69) is 27.5 Å². The molecule has 28 heavy (non-hydrogen) atoms. The zero-order chi connectivity index (χ0) is 19.3.